The lowest BCUT2D eigenvalue weighted by Gasteiger charge is -2.08. The lowest BCUT2D eigenvalue weighted by atomic mass is 10.3. The number of hydrogen-bond acceptors (Lipinski definition) is 4. The van der Waals surface area contributed by atoms with Gasteiger partial charge in [-0.25, -0.2) is 4.98 Å². The van der Waals surface area contributed by atoms with Gasteiger partial charge < -0.3 is 5.11 Å². The number of nitrogens with zero attached hydrogens (tertiary/aromatic N) is 1. The average Bonchev–Trinajstić information content (AvgIpc) is 2.43. The molecule has 0 saturated carbocycles. The molecule has 0 amide bonds. The third kappa shape index (κ3) is 3.49. The fourth-order valence-corrected chi connectivity index (χ4v) is 2.91. The second kappa shape index (κ2) is 6.09. The molecule has 1 aromatic carbocycles. The highest BCUT2D eigenvalue weighted by atomic mass is 79.9. The number of benzene rings is 1. The maximum absolute atomic E-state index is 12.1. The van der Waals surface area contributed by atoms with Crippen LogP contribution in [0, 0.1) is 0 Å². The van der Waals surface area contributed by atoms with Gasteiger partial charge in [0.1, 0.15) is 0 Å². The van der Waals surface area contributed by atoms with E-state index in [1.807, 2.05) is 0 Å². The van der Waals surface area contributed by atoms with Gasteiger partial charge >= 0.3 is 0 Å². The number of anilines is 1. The van der Waals surface area contributed by atoms with E-state index in [2.05, 4.69) is 25.6 Å². The number of aliphatic hydroxyl groups excluding tert-OH is 1. The van der Waals surface area contributed by atoms with Crippen LogP contribution in [0.15, 0.2) is 46.0 Å². The molecule has 8 heteroatoms. The third-order valence-electron chi connectivity index (χ3n) is 2.43. The van der Waals surface area contributed by atoms with Crippen LogP contribution in [0.1, 0.15) is 5.56 Å². The monoisotopic (exact) mass is 376 g/mol. The van der Waals surface area contributed by atoms with Crippen molar-refractivity contribution >= 4 is 43.2 Å². The van der Waals surface area contributed by atoms with Crippen molar-refractivity contribution in [2.75, 3.05) is 4.72 Å². The van der Waals surface area contributed by atoms with Crippen molar-refractivity contribution in [3.63, 3.8) is 0 Å². The van der Waals surface area contributed by atoms with Crippen molar-refractivity contribution in [3.8, 4) is 0 Å². The van der Waals surface area contributed by atoms with Crippen LogP contribution in [0.5, 0.6) is 0 Å². The van der Waals surface area contributed by atoms with Gasteiger partial charge in [-0.1, -0.05) is 17.7 Å². The predicted molar refractivity (Wildman–Crippen MR) is 80.1 cm³/mol. The first-order valence-electron chi connectivity index (χ1n) is 5.46. The molecule has 0 spiro atoms. The van der Waals surface area contributed by atoms with E-state index in [0.717, 1.165) is 0 Å². The summed E-state index contributed by atoms with van der Waals surface area (Å²) in [6.45, 7) is -0.190. The van der Waals surface area contributed by atoms with Gasteiger partial charge in [-0.3, -0.25) is 4.72 Å². The molecule has 0 bridgehead atoms. The Balaban J connectivity index is 2.27. The van der Waals surface area contributed by atoms with Gasteiger partial charge in [0.05, 0.1) is 17.3 Å². The van der Waals surface area contributed by atoms with Crippen LogP contribution >= 0.6 is 27.5 Å². The van der Waals surface area contributed by atoms with E-state index in [-0.39, 0.29) is 11.6 Å². The van der Waals surface area contributed by atoms with E-state index < -0.39 is 10.0 Å². The molecule has 0 fully saturated rings. The predicted octanol–water partition coefficient (Wildman–Crippen LogP) is 2.79. The average molecular weight is 378 g/mol. The second-order valence-electron chi connectivity index (χ2n) is 3.90. The molecule has 0 aliphatic heterocycles. The van der Waals surface area contributed by atoms with E-state index in [4.69, 9.17) is 16.7 Å². The van der Waals surface area contributed by atoms with E-state index in [1.165, 1.54) is 18.3 Å². The number of pyridine rings is 1. The quantitative estimate of drug-likeness (QED) is 0.858. The number of aliphatic hydroxyl groups is 1. The van der Waals surface area contributed by atoms with Gasteiger partial charge in [0.25, 0.3) is 10.0 Å². The van der Waals surface area contributed by atoms with E-state index in [1.54, 1.807) is 18.2 Å². The minimum Gasteiger partial charge on any atom is -0.392 e. The molecule has 106 valence electrons. The fourth-order valence-electron chi connectivity index (χ4n) is 1.43. The van der Waals surface area contributed by atoms with Crippen molar-refractivity contribution in [1.29, 1.82) is 0 Å². The molecular formula is C12H10BrClN2O3S. The smallest absolute Gasteiger partial charge is 0.279 e. The summed E-state index contributed by atoms with van der Waals surface area (Å²) >= 11 is 9.06. The lowest BCUT2D eigenvalue weighted by molar-refractivity contribution is 0.281. The molecule has 1 aromatic heterocycles. The highest BCUT2D eigenvalue weighted by molar-refractivity contribution is 9.10. The molecular weight excluding hydrogens is 368 g/mol. The Kier molecular flexibility index (Phi) is 4.64. The SMILES string of the molecule is O=S(=O)(Nc1ccc(Cl)c(Br)c1)c1ccc(CO)cn1. The Labute approximate surface area is 129 Å². The molecule has 20 heavy (non-hydrogen) atoms. The molecule has 0 unspecified atom stereocenters. The van der Waals surface area contributed by atoms with Gasteiger partial charge in [0.2, 0.25) is 0 Å². The molecule has 2 aromatic rings. The first-order chi connectivity index (χ1) is 9.42. The minimum absolute atomic E-state index is 0.124. The topological polar surface area (TPSA) is 79.3 Å². The van der Waals surface area contributed by atoms with Crippen LogP contribution in [0.4, 0.5) is 5.69 Å². The van der Waals surface area contributed by atoms with Gasteiger partial charge in [-0.2, -0.15) is 8.42 Å². The molecule has 2 rings (SSSR count). The van der Waals surface area contributed by atoms with Gasteiger partial charge in [0.15, 0.2) is 5.03 Å². The summed E-state index contributed by atoms with van der Waals surface area (Å²) in [7, 11) is -3.77. The summed E-state index contributed by atoms with van der Waals surface area (Å²) < 4.78 is 27.2. The van der Waals surface area contributed by atoms with Crippen LogP contribution in [0.2, 0.25) is 5.02 Å². The zero-order valence-corrected chi connectivity index (χ0v) is 13.2. The Morgan fingerprint density at radius 2 is 2.05 bits per heavy atom. The molecule has 0 radical (unpaired) electrons. The number of sulfonamides is 1. The van der Waals surface area contributed by atoms with Crippen molar-refractivity contribution in [3.05, 3.63) is 51.6 Å². The molecule has 1 heterocycles. The Hall–Kier alpha value is -1.15. The zero-order chi connectivity index (χ0) is 14.8. The largest absolute Gasteiger partial charge is 0.392 e. The van der Waals surface area contributed by atoms with Gasteiger partial charge in [0, 0.05) is 10.7 Å². The number of rotatable bonds is 4. The van der Waals surface area contributed by atoms with E-state index in [9.17, 15) is 8.42 Å². The van der Waals surface area contributed by atoms with Crippen molar-refractivity contribution < 1.29 is 13.5 Å². The molecule has 0 saturated heterocycles. The van der Waals surface area contributed by atoms with Crippen molar-refractivity contribution in [2.24, 2.45) is 0 Å². The summed E-state index contributed by atoms with van der Waals surface area (Å²) in [5.41, 5.74) is 0.910. The normalized spacial score (nSPS) is 11.3. The summed E-state index contributed by atoms with van der Waals surface area (Å²) in [5, 5.41) is 9.26. The summed E-state index contributed by atoms with van der Waals surface area (Å²) in [6, 6.07) is 7.51. The van der Waals surface area contributed by atoms with Crippen LogP contribution in [0.3, 0.4) is 0 Å². The first-order valence-corrected chi connectivity index (χ1v) is 8.11. The Bertz CT molecular complexity index is 720. The summed E-state index contributed by atoms with van der Waals surface area (Å²) in [6.07, 6.45) is 1.31. The molecule has 0 atom stereocenters. The molecule has 5 nitrogen and oxygen atoms in total. The summed E-state index contributed by atoms with van der Waals surface area (Å²) in [4.78, 5) is 3.81. The van der Waals surface area contributed by atoms with Gasteiger partial charge in [-0.05, 0) is 45.8 Å². The van der Waals surface area contributed by atoms with Crippen LogP contribution in [-0.4, -0.2) is 18.5 Å². The Morgan fingerprint density at radius 3 is 2.60 bits per heavy atom. The zero-order valence-electron chi connectivity index (χ0n) is 10.0. The van der Waals surface area contributed by atoms with E-state index in [0.29, 0.717) is 20.7 Å². The Morgan fingerprint density at radius 1 is 1.30 bits per heavy atom. The maximum atomic E-state index is 12.1. The maximum Gasteiger partial charge on any atom is 0.279 e. The van der Waals surface area contributed by atoms with Crippen LogP contribution < -0.4 is 4.72 Å². The third-order valence-corrected chi connectivity index (χ3v) is 4.94. The highest BCUT2D eigenvalue weighted by Crippen LogP contribution is 2.26. The van der Waals surface area contributed by atoms with Crippen molar-refractivity contribution in [2.45, 2.75) is 11.6 Å². The van der Waals surface area contributed by atoms with Crippen LogP contribution in [-0.2, 0) is 16.6 Å². The molecule has 2 N–H and O–H groups in total. The number of aromatic nitrogens is 1. The minimum atomic E-state index is -3.77. The number of halogens is 2. The lowest BCUT2D eigenvalue weighted by Crippen LogP contribution is -2.14. The number of nitrogens with one attached hydrogen (secondary N) is 1. The standard InChI is InChI=1S/C12H10BrClN2O3S/c13-10-5-9(2-3-11(10)14)16-20(18,19)12-4-1-8(7-17)6-15-12/h1-6,16-17H,7H2. The molecule has 0 aliphatic carbocycles. The fraction of sp³-hybridized carbons (Fsp3) is 0.0833. The second-order valence-corrected chi connectivity index (χ2v) is 6.79. The summed E-state index contributed by atoms with van der Waals surface area (Å²) in [5.74, 6) is 0. The van der Waals surface area contributed by atoms with E-state index >= 15 is 0 Å². The number of hydrogen-bond donors (Lipinski definition) is 2. The van der Waals surface area contributed by atoms with Crippen LogP contribution in [0.25, 0.3) is 0 Å². The highest BCUT2D eigenvalue weighted by Gasteiger charge is 2.16. The first kappa shape index (κ1) is 15.2. The van der Waals surface area contributed by atoms with Crippen molar-refractivity contribution in [1.82, 2.24) is 4.98 Å². The molecule has 0 aliphatic rings. The van der Waals surface area contributed by atoms with Gasteiger partial charge in [-0.15, -0.1) is 0 Å².